The van der Waals surface area contributed by atoms with Gasteiger partial charge in [-0.1, -0.05) is 5.16 Å². The van der Waals surface area contributed by atoms with Crippen LogP contribution in [0.2, 0.25) is 0 Å². The van der Waals surface area contributed by atoms with E-state index in [1.165, 1.54) is 6.92 Å². The van der Waals surface area contributed by atoms with E-state index in [9.17, 15) is 8.78 Å². The summed E-state index contributed by atoms with van der Waals surface area (Å²) >= 11 is 5.46. The van der Waals surface area contributed by atoms with Gasteiger partial charge in [-0.05, 0) is 24.6 Å². The largest absolute Gasteiger partial charge is 0.338 e. The molecule has 0 atom stereocenters. The van der Waals surface area contributed by atoms with Crippen molar-refractivity contribution in [3.8, 4) is 11.4 Å². The first kappa shape index (κ1) is 11.0. The second-order valence-electron chi connectivity index (χ2n) is 3.23. The molecular formula is C10H7ClF2N2O. The van der Waals surface area contributed by atoms with Gasteiger partial charge in [-0.15, -0.1) is 11.6 Å². The van der Waals surface area contributed by atoms with Gasteiger partial charge in [0.25, 0.3) is 0 Å². The summed E-state index contributed by atoms with van der Waals surface area (Å²) in [5.41, 5.74) is 0.186. The topological polar surface area (TPSA) is 38.9 Å². The lowest BCUT2D eigenvalue weighted by Gasteiger charge is -2.00. The number of nitrogens with zero attached hydrogens (tertiary/aromatic N) is 2. The molecule has 1 heterocycles. The molecule has 3 nitrogen and oxygen atoms in total. The average Bonchev–Trinajstić information content (AvgIpc) is 2.71. The quantitative estimate of drug-likeness (QED) is 0.762. The Balaban J connectivity index is 2.51. The standard InChI is InChI=1S/C10H7ClF2N2O/c1-5-2-8(13)6(3-7(5)12)10-14-9(4-11)16-15-10/h2-3H,4H2,1H3. The molecule has 16 heavy (non-hydrogen) atoms. The fourth-order valence-corrected chi connectivity index (χ4v) is 1.34. The first-order chi connectivity index (χ1) is 7.61. The molecule has 0 spiro atoms. The third kappa shape index (κ3) is 1.90. The van der Waals surface area contributed by atoms with Gasteiger partial charge in [-0.25, -0.2) is 8.78 Å². The van der Waals surface area contributed by atoms with E-state index in [0.717, 1.165) is 12.1 Å². The number of aryl methyl sites for hydroxylation is 1. The Kier molecular flexibility index (Phi) is 2.87. The van der Waals surface area contributed by atoms with Gasteiger partial charge in [-0.2, -0.15) is 4.98 Å². The smallest absolute Gasteiger partial charge is 0.241 e. The van der Waals surface area contributed by atoms with Crippen molar-refractivity contribution in [1.29, 1.82) is 0 Å². The minimum Gasteiger partial charge on any atom is -0.338 e. The van der Waals surface area contributed by atoms with Crippen molar-refractivity contribution in [2.45, 2.75) is 12.8 Å². The molecule has 0 saturated carbocycles. The van der Waals surface area contributed by atoms with Crippen LogP contribution in [0.4, 0.5) is 8.78 Å². The molecule has 2 aromatic rings. The van der Waals surface area contributed by atoms with Gasteiger partial charge >= 0.3 is 0 Å². The SMILES string of the molecule is Cc1cc(F)c(-c2noc(CCl)n2)cc1F. The summed E-state index contributed by atoms with van der Waals surface area (Å²) in [6.45, 7) is 1.47. The molecule has 84 valence electrons. The first-order valence-electron chi connectivity index (χ1n) is 4.46. The zero-order valence-electron chi connectivity index (χ0n) is 8.30. The maximum Gasteiger partial charge on any atom is 0.241 e. The fraction of sp³-hybridized carbons (Fsp3) is 0.200. The average molecular weight is 245 g/mol. The molecule has 0 bridgehead atoms. The Morgan fingerprint density at radius 1 is 1.31 bits per heavy atom. The summed E-state index contributed by atoms with van der Waals surface area (Å²) in [5, 5.41) is 3.51. The van der Waals surface area contributed by atoms with Gasteiger partial charge in [0.05, 0.1) is 5.56 Å². The second kappa shape index (κ2) is 4.17. The van der Waals surface area contributed by atoms with Crippen LogP contribution in [0.25, 0.3) is 11.4 Å². The summed E-state index contributed by atoms with van der Waals surface area (Å²) in [6.07, 6.45) is 0. The van der Waals surface area contributed by atoms with E-state index in [2.05, 4.69) is 10.1 Å². The summed E-state index contributed by atoms with van der Waals surface area (Å²) in [5.74, 6) is -0.929. The van der Waals surface area contributed by atoms with Crippen LogP contribution < -0.4 is 0 Å². The Bertz CT molecular complexity index is 528. The third-order valence-corrected chi connectivity index (χ3v) is 2.30. The van der Waals surface area contributed by atoms with Gasteiger partial charge < -0.3 is 4.52 Å². The predicted octanol–water partition coefficient (Wildman–Crippen LogP) is 3.06. The summed E-state index contributed by atoms with van der Waals surface area (Å²) in [6, 6.07) is 2.12. The molecular weight excluding hydrogens is 238 g/mol. The minimum absolute atomic E-state index is 0.00736. The molecule has 6 heteroatoms. The number of halogens is 3. The van der Waals surface area contributed by atoms with E-state index in [4.69, 9.17) is 16.1 Å². The number of hydrogen-bond donors (Lipinski definition) is 0. The van der Waals surface area contributed by atoms with Crippen LogP contribution in [0.15, 0.2) is 16.7 Å². The van der Waals surface area contributed by atoms with E-state index in [1.807, 2.05) is 0 Å². The van der Waals surface area contributed by atoms with E-state index in [-0.39, 0.29) is 28.7 Å². The van der Waals surface area contributed by atoms with Crippen molar-refractivity contribution in [3.05, 3.63) is 35.2 Å². The van der Waals surface area contributed by atoms with Gasteiger partial charge in [0.1, 0.15) is 17.5 Å². The van der Waals surface area contributed by atoms with Gasteiger partial charge in [0.15, 0.2) is 0 Å². The molecule has 0 radical (unpaired) electrons. The summed E-state index contributed by atoms with van der Waals surface area (Å²) < 4.78 is 31.5. The van der Waals surface area contributed by atoms with E-state index in [1.54, 1.807) is 0 Å². The van der Waals surface area contributed by atoms with Crippen LogP contribution in [-0.4, -0.2) is 10.1 Å². The molecule has 0 aliphatic rings. The maximum absolute atomic E-state index is 13.5. The highest BCUT2D eigenvalue weighted by molar-refractivity contribution is 6.16. The van der Waals surface area contributed by atoms with Crippen LogP contribution in [0, 0.1) is 18.6 Å². The number of alkyl halides is 1. The van der Waals surface area contributed by atoms with E-state index >= 15 is 0 Å². The Hall–Kier alpha value is -1.49. The number of rotatable bonds is 2. The lowest BCUT2D eigenvalue weighted by atomic mass is 10.1. The third-order valence-electron chi connectivity index (χ3n) is 2.07. The minimum atomic E-state index is -0.596. The lowest BCUT2D eigenvalue weighted by Crippen LogP contribution is -1.92. The highest BCUT2D eigenvalue weighted by Gasteiger charge is 2.14. The zero-order chi connectivity index (χ0) is 11.7. The molecule has 1 aromatic heterocycles. The van der Waals surface area contributed by atoms with Crippen molar-refractivity contribution in [3.63, 3.8) is 0 Å². The van der Waals surface area contributed by atoms with Crippen LogP contribution in [-0.2, 0) is 5.88 Å². The molecule has 0 unspecified atom stereocenters. The summed E-state index contributed by atoms with van der Waals surface area (Å²) in [7, 11) is 0. The summed E-state index contributed by atoms with van der Waals surface area (Å²) in [4.78, 5) is 3.81. The van der Waals surface area contributed by atoms with Gasteiger partial charge in [0, 0.05) is 0 Å². The zero-order valence-corrected chi connectivity index (χ0v) is 9.05. The van der Waals surface area contributed by atoms with Crippen molar-refractivity contribution < 1.29 is 13.3 Å². The molecule has 0 aliphatic heterocycles. The first-order valence-corrected chi connectivity index (χ1v) is 5.00. The van der Waals surface area contributed by atoms with Crippen molar-refractivity contribution in [1.82, 2.24) is 10.1 Å². The van der Waals surface area contributed by atoms with Crippen LogP contribution in [0.1, 0.15) is 11.5 Å². The number of hydrogen-bond acceptors (Lipinski definition) is 3. The van der Waals surface area contributed by atoms with Crippen molar-refractivity contribution in [2.24, 2.45) is 0 Å². The lowest BCUT2D eigenvalue weighted by molar-refractivity contribution is 0.390. The molecule has 1 aromatic carbocycles. The highest BCUT2D eigenvalue weighted by atomic mass is 35.5. The molecule has 0 N–H and O–H groups in total. The second-order valence-corrected chi connectivity index (χ2v) is 3.49. The fourth-order valence-electron chi connectivity index (χ4n) is 1.24. The van der Waals surface area contributed by atoms with Gasteiger partial charge in [-0.3, -0.25) is 0 Å². The molecule has 0 fully saturated rings. The van der Waals surface area contributed by atoms with E-state index in [0.29, 0.717) is 0 Å². The monoisotopic (exact) mass is 244 g/mol. The van der Waals surface area contributed by atoms with Gasteiger partial charge in [0.2, 0.25) is 11.7 Å². The molecule has 0 aliphatic carbocycles. The van der Waals surface area contributed by atoms with Crippen LogP contribution in [0.5, 0.6) is 0 Å². The molecule has 2 rings (SSSR count). The Morgan fingerprint density at radius 3 is 2.69 bits per heavy atom. The Labute approximate surface area is 95.0 Å². The number of aromatic nitrogens is 2. The van der Waals surface area contributed by atoms with Crippen LogP contribution in [0.3, 0.4) is 0 Å². The van der Waals surface area contributed by atoms with E-state index < -0.39 is 11.6 Å². The van der Waals surface area contributed by atoms with Crippen LogP contribution >= 0.6 is 11.6 Å². The number of benzene rings is 1. The molecule has 0 saturated heterocycles. The molecule has 0 amide bonds. The normalized spacial score (nSPS) is 10.8. The highest BCUT2D eigenvalue weighted by Crippen LogP contribution is 2.23. The predicted molar refractivity (Wildman–Crippen MR) is 53.9 cm³/mol. The maximum atomic E-state index is 13.5. The Morgan fingerprint density at radius 2 is 2.06 bits per heavy atom. The van der Waals surface area contributed by atoms with Crippen molar-refractivity contribution >= 4 is 11.6 Å². The van der Waals surface area contributed by atoms with Crippen molar-refractivity contribution in [2.75, 3.05) is 0 Å².